The van der Waals surface area contributed by atoms with Crippen molar-refractivity contribution < 1.29 is 14.4 Å². The number of carbonyl (C=O) groups excluding carboxylic acids is 3. The van der Waals surface area contributed by atoms with E-state index in [1.165, 1.54) is 16.2 Å². The van der Waals surface area contributed by atoms with Crippen molar-refractivity contribution in [3.8, 4) is 0 Å². The molecule has 1 atom stereocenters. The largest absolute Gasteiger partial charge is 0.321 e. The standard InChI is InChI=1S/C19H19IN2O3S/c1-19(2,3)22(18(25)15-5-4-10-26-15)14-11-16(23)21(17(14)24)13-8-6-12(20)7-9-13/h4-10,14H,11H2,1-3H3. The first kappa shape index (κ1) is 19.0. The van der Waals surface area contributed by atoms with E-state index in [-0.39, 0.29) is 24.1 Å². The topological polar surface area (TPSA) is 57.7 Å². The number of hydrogen-bond donors (Lipinski definition) is 0. The lowest BCUT2D eigenvalue weighted by Crippen LogP contribution is -2.54. The molecular formula is C19H19IN2O3S. The third kappa shape index (κ3) is 3.55. The lowest BCUT2D eigenvalue weighted by atomic mass is 10.0. The maximum atomic E-state index is 13.1. The number of anilines is 1. The Labute approximate surface area is 170 Å². The SMILES string of the molecule is CC(C)(C)N(C(=O)c1cccs1)C1CC(=O)N(c2ccc(I)cc2)C1=O. The first-order valence-electron chi connectivity index (χ1n) is 8.19. The number of halogens is 1. The molecule has 1 saturated heterocycles. The summed E-state index contributed by atoms with van der Waals surface area (Å²) in [5, 5.41) is 1.83. The van der Waals surface area contributed by atoms with Crippen LogP contribution in [0.15, 0.2) is 41.8 Å². The Morgan fingerprint density at radius 1 is 1.19 bits per heavy atom. The first-order chi connectivity index (χ1) is 12.2. The average Bonchev–Trinajstić information content (AvgIpc) is 3.17. The second-order valence-electron chi connectivity index (χ2n) is 7.09. The van der Waals surface area contributed by atoms with Gasteiger partial charge >= 0.3 is 0 Å². The summed E-state index contributed by atoms with van der Waals surface area (Å²) >= 11 is 3.50. The summed E-state index contributed by atoms with van der Waals surface area (Å²) in [4.78, 5) is 42.0. The number of hydrogen-bond acceptors (Lipinski definition) is 4. The Morgan fingerprint density at radius 2 is 1.85 bits per heavy atom. The fourth-order valence-electron chi connectivity index (χ4n) is 3.11. The van der Waals surface area contributed by atoms with Gasteiger partial charge in [-0.2, -0.15) is 0 Å². The molecule has 2 heterocycles. The smallest absolute Gasteiger partial charge is 0.265 e. The van der Waals surface area contributed by atoms with Gasteiger partial charge in [0.1, 0.15) is 6.04 Å². The van der Waals surface area contributed by atoms with Crippen LogP contribution in [0, 0.1) is 3.57 Å². The highest BCUT2D eigenvalue weighted by Gasteiger charge is 2.47. The van der Waals surface area contributed by atoms with Crippen LogP contribution in [0.1, 0.15) is 36.9 Å². The van der Waals surface area contributed by atoms with Crippen LogP contribution in [-0.2, 0) is 9.59 Å². The van der Waals surface area contributed by atoms with Crippen LogP contribution in [0.5, 0.6) is 0 Å². The summed E-state index contributed by atoms with van der Waals surface area (Å²) < 4.78 is 1.02. The van der Waals surface area contributed by atoms with Crippen LogP contribution in [0.3, 0.4) is 0 Å². The predicted octanol–water partition coefficient (Wildman–Crippen LogP) is 3.93. The summed E-state index contributed by atoms with van der Waals surface area (Å²) in [6.07, 6.45) is -0.000789. The Hall–Kier alpha value is -1.74. The molecule has 0 saturated carbocycles. The van der Waals surface area contributed by atoms with Gasteiger partial charge in [-0.05, 0) is 79.1 Å². The molecule has 1 aromatic heterocycles. The summed E-state index contributed by atoms with van der Waals surface area (Å²) in [5.41, 5.74) is -0.0515. The molecule has 0 bridgehead atoms. The molecule has 1 fully saturated rings. The van der Waals surface area contributed by atoms with Gasteiger partial charge in [0.05, 0.1) is 17.0 Å². The number of nitrogens with zero attached hydrogens (tertiary/aromatic N) is 2. The van der Waals surface area contributed by atoms with Crippen LogP contribution in [-0.4, -0.2) is 34.2 Å². The highest BCUT2D eigenvalue weighted by atomic mass is 127. The van der Waals surface area contributed by atoms with Gasteiger partial charge in [0.2, 0.25) is 5.91 Å². The molecule has 136 valence electrons. The Morgan fingerprint density at radius 3 is 2.38 bits per heavy atom. The van der Waals surface area contributed by atoms with E-state index in [1.807, 2.05) is 38.3 Å². The number of amides is 3. The molecule has 2 aromatic rings. The zero-order valence-electron chi connectivity index (χ0n) is 14.7. The number of rotatable bonds is 3. The average molecular weight is 482 g/mol. The number of imide groups is 1. The van der Waals surface area contributed by atoms with Gasteiger partial charge in [-0.25, -0.2) is 4.90 Å². The molecule has 1 aromatic carbocycles. The Balaban J connectivity index is 1.96. The highest BCUT2D eigenvalue weighted by Crippen LogP contribution is 2.31. The molecule has 5 nitrogen and oxygen atoms in total. The van der Waals surface area contributed by atoms with Gasteiger partial charge in [0.15, 0.2) is 0 Å². The molecule has 1 aliphatic rings. The fourth-order valence-corrected chi connectivity index (χ4v) is 4.13. The van der Waals surface area contributed by atoms with E-state index in [1.54, 1.807) is 29.2 Å². The third-order valence-corrected chi connectivity index (χ3v) is 5.77. The maximum absolute atomic E-state index is 13.1. The second-order valence-corrected chi connectivity index (χ2v) is 9.28. The Bertz CT molecular complexity index is 841. The number of thiophene rings is 1. The van der Waals surface area contributed by atoms with E-state index < -0.39 is 11.6 Å². The zero-order valence-corrected chi connectivity index (χ0v) is 17.7. The van der Waals surface area contributed by atoms with Gasteiger partial charge in [-0.15, -0.1) is 11.3 Å². The Kier molecular flexibility index (Phi) is 5.21. The lowest BCUT2D eigenvalue weighted by molar-refractivity contribution is -0.123. The van der Waals surface area contributed by atoms with Crippen molar-refractivity contribution in [2.75, 3.05) is 4.90 Å². The van der Waals surface area contributed by atoms with Gasteiger partial charge in [-0.3, -0.25) is 14.4 Å². The predicted molar refractivity (Wildman–Crippen MR) is 110 cm³/mol. The van der Waals surface area contributed by atoms with Crippen molar-refractivity contribution in [3.63, 3.8) is 0 Å². The molecule has 0 spiro atoms. The van der Waals surface area contributed by atoms with Crippen LogP contribution >= 0.6 is 33.9 Å². The van der Waals surface area contributed by atoms with Crippen molar-refractivity contribution in [2.45, 2.75) is 38.8 Å². The molecule has 0 aliphatic carbocycles. The number of carbonyl (C=O) groups is 3. The molecule has 1 unspecified atom stereocenters. The van der Waals surface area contributed by atoms with E-state index in [4.69, 9.17) is 0 Å². The van der Waals surface area contributed by atoms with Crippen LogP contribution in [0.4, 0.5) is 5.69 Å². The van der Waals surface area contributed by atoms with Crippen molar-refractivity contribution in [1.29, 1.82) is 0 Å². The van der Waals surface area contributed by atoms with Gasteiger partial charge in [-0.1, -0.05) is 6.07 Å². The van der Waals surface area contributed by atoms with Gasteiger partial charge < -0.3 is 4.90 Å². The highest BCUT2D eigenvalue weighted by molar-refractivity contribution is 14.1. The van der Waals surface area contributed by atoms with E-state index in [2.05, 4.69) is 22.6 Å². The van der Waals surface area contributed by atoms with Crippen LogP contribution in [0.25, 0.3) is 0 Å². The molecule has 0 N–H and O–H groups in total. The second kappa shape index (κ2) is 7.11. The fraction of sp³-hybridized carbons (Fsp3) is 0.316. The van der Waals surface area contributed by atoms with Gasteiger partial charge in [0, 0.05) is 9.11 Å². The lowest BCUT2D eigenvalue weighted by Gasteiger charge is -2.38. The van der Waals surface area contributed by atoms with E-state index in [0.717, 1.165) is 3.57 Å². The van der Waals surface area contributed by atoms with Crippen molar-refractivity contribution in [1.82, 2.24) is 4.90 Å². The molecule has 3 amide bonds. The van der Waals surface area contributed by atoms with Crippen LogP contribution < -0.4 is 4.90 Å². The molecular weight excluding hydrogens is 463 g/mol. The molecule has 0 radical (unpaired) electrons. The van der Waals surface area contributed by atoms with Crippen molar-refractivity contribution in [3.05, 3.63) is 50.2 Å². The summed E-state index contributed by atoms with van der Waals surface area (Å²) in [6.45, 7) is 5.64. The minimum atomic E-state index is -0.795. The molecule has 7 heteroatoms. The zero-order chi connectivity index (χ0) is 19.1. The summed E-state index contributed by atoms with van der Waals surface area (Å²) in [6, 6.07) is 9.95. The maximum Gasteiger partial charge on any atom is 0.265 e. The minimum Gasteiger partial charge on any atom is -0.321 e. The van der Waals surface area contributed by atoms with E-state index in [9.17, 15) is 14.4 Å². The number of benzene rings is 1. The molecule has 26 heavy (non-hydrogen) atoms. The van der Waals surface area contributed by atoms with Gasteiger partial charge in [0.25, 0.3) is 11.8 Å². The summed E-state index contributed by atoms with van der Waals surface area (Å²) in [5.74, 6) is -0.853. The third-order valence-electron chi connectivity index (χ3n) is 4.19. The first-order valence-corrected chi connectivity index (χ1v) is 10.2. The van der Waals surface area contributed by atoms with Crippen molar-refractivity contribution in [2.24, 2.45) is 0 Å². The quantitative estimate of drug-likeness (QED) is 0.492. The van der Waals surface area contributed by atoms with Crippen molar-refractivity contribution >= 4 is 57.3 Å². The normalized spacial score (nSPS) is 17.7. The monoisotopic (exact) mass is 482 g/mol. The molecule has 1 aliphatic heterocycles. The summed E-state index contributed by atoms with van der Waals surface area (Å²) in [7, 11) is 0. The van der Waals surface area contributed by atoms with Crippen LogP contribution in [0.2, 0.25) is 0 Å². The van der Waals surface area contributed by atoms with E-state index in [0.29, 0.717) is 10.6 Å². The molecule has 3 rings (SSSR count). The van der Waals surface area contributed by atoms with E-state index >= 15 is 0 Å². The minimum absolute atomic E-state index is 0.000789.